The molecule has 1 amide bonds. The molecule has 1 heterocycles. The highest BCUT2D eigenvalue weighted by atomic mass is 16.4. The molecule has 0 saturated carbocycles. The van der Waals surface area contributed by atoms with Crippen LogP contribution in [-0.2, 0) is 11.3 Å². The van der Waals surface area contributed by atoms with Gasteiger partial charge in [-0.25, -0.2) is 0 Å². The van der Waals surface area contributed by atoms with Crippen LogP contribution in [-0.4, -0.2) is 21.9 Å². The largest absolute Gasteiger partial charge is 0.481 e. The van der Waals surface area contributed by atoms with Gasteiger partial charge in [-0.1, -0.05) is 48.5 Å². The summed E-state index contributed by atoms with van der Waals surface area (Å²) in [5.74, 6) is -1.01. The first-order chi connectivity index (χ1) is 10.2. The first-order valence-electron chi connectivity index (χ1n) is 6.82. The molecule has 106 valence electrons. The minimum atomic E-state index is -0.910. The second kappa shape index (κ2) is 5.40. The minimum Gasteiger partial charge on any atom is -0.481 e. The van der Waals surface area contributed by atoms with Gasteiger partial charge in [-0.15, -0.1) is 0 Å². The van der Waals surface area contributed by atoms with E-state index in [0.717, 1.165) is 11.1 Å². The van der Waals surface area contributed by atoms with Crippen LogP contribution >= 0.6 is 0 Å². The Morgan fingerprint density at radius 3 is 2.43 bits per heavy atom. The van der Waals surface area contributed by atoms with Gasteiger partial charge in [-0.2, -0.15) is 0 Å². The highest BCUT2D eigenvalue weighted by Crippen LogP contribution is 2.33. The van der Waals surface area contributed by atoms with Crippen LogP contribution in [0.4, 0.5) is 0 Å². The van der Waals surface area contributed by atoms with Crippen molar-refractivity contribution in [3.63, 3.8) is 0 Å². The van der Waals surface area contributed by atoms with E-state index in [1.54, 1.807) is 11.0 Å². The fourth-order valence-corrected chi connectivity index (χ4v) is 2.78. The van der Waals surface area contributed by atoms with Crippen LogP contribution in [0.2, 0.25) is 0 Å². The Labute approximate surface area is 122 Å². The normalized spacial score (nSPS) is 14.9. The van der Waals surface area contributed by atoms with Crippen molar-refractivity contribution in [1.82, 2.24) is 4.90 Å². The summed E-state index contributed by atoms with van der Waals surface area (Å²) in [5, 5.41) is 9.17. The van der Waals surface area contributed by atoms with E-state index in [0.29, 0.717) is 12.1 Å². The van der Waals surface area contributed by atoms with Gasteiger partial charge in [0, 0.05) is 12.1 Å². The van der Waals surface area contributed by atoms with Crippen molar-refractivity contribution in [3.05, 3.63) is 71.3 Å². The van der Waals surface area contributed by atoms with Crippen molar-refractivity contribution in [1.29, 1.82) is 0 Å². The molecule has 1 aliphatic heterocycles. The summed E-state index contributed by atoms with van der Waals surface area (Å²) < 4.78 is 0. The average Bonchev–Trinajstić information content (AvgIpc) is 2.83. The maximum atomic E-state index is 12.5. The van der Waals surface area contributed by atoms with E-state index in [-0.39, 0.29) is 12.3 Å². The molecular weight excluding hydrogens is 266 g/mol. The van der Waals surface area contributed by atoms with E-state index in [1.807, 2.05) is 48.5 Å². The number of hydrogen-bond acceptors (Lipinski definition) is 2. The second-order valence-electron chi connectivity index (χ2n) is 5.11. The quantitative estimate of drug-likeness (QED) is 0.937. The third kappa shape index (κ3) is 2.52. The zero-order valence-corrected chi connectivity index (χ0v) is 11.4. The Bertz CT molecular complexity index is 681. The van der Waals surface area contributed by atoms with Gasteiger partial charge in [0.15, 0.2) is 0 Å². The van der Waals surface area contributed by atoms with Crippen LogP contribution in [0, 0.1) is 0 Å². The lowest BCUT2D eigenvalue weighted by Crippen LogP contribution is -2.30. The second-order valence-corrected chi connectivity index (χ2v) is 5.11. The summed E-state index contributed by atoms with van der Waals surface area (Å²) >= 11 is 0. The average molecular weight is 281 g/mol. The molecule has 2 aromatic rings. The standard InChI is InChI=1S/C17H15NO3/c19-16(20)10-15(12-6-2-1-3-7-12)18-11-13-8-4-5-9-14(13)17(18)21/h1-9,15H,10-11H2,(H,19,20). The van der Waals surface area contributed by atoms with Gasteiger partial charge in [-0.3, -0.25) is 9.59 Å². The molecule has 1 unspecified atom stereocenters. The number of nitrogens with zero attached hydrogens (tertiary/aromatic N) is 1. The number of carbonyl (C=O) groups excluding carboxylic acids is 1. The number of carboxylic acids is 1. The van der Waals surface area contributed by atoms with E-state index < -0.39 is 12.0 Å². The Balaban J connectivity index is 1.96. The van der Waals surface area contributed by atoms with Crippen molar-refractivity contribution >= 4 is 11.9 Å². The molecule has 0 aliphatic carbocycles. The Hall–Kier alpha value is -2.62. The van der Waals surface area contributed by atoms with Crippen molar-refractivity contribution in [2.75, 3.05) is 0 Å². The summed E-state index contributed by atoms with van der Waals surface area (Å²) in [6.07, 6.45) is -0.0935. The highest BCUT2D eigenvalue weighted by Gasteiger charge is 2.34. The van der Waals surface area contributed by atoms with Crippen molar-refractivity contribution in [3.8, 4) is 0 Å². The van der Waals surface area contributed by atoms with Crippen LogP contribution in [0.25, 0.3) is 0 Å². The number of fused-ring (bicyclic) bond motifs is 1. The Morgan fingerprint density at radius 2 is 1.76 bits per heavy atom. The third-order valence-electron chi connectivity index (χ3n) is 3.78. The fourth-order valence-electron chi connectivity index (χ4n) is 2.78. The first kappa shape index (κ1) is 13.4. The number of hydrogen-bond donors (Lipinski definition) is 1. The van der Waals surface area contributed by atoms with Gasteiger partial charge in [0.25, 0.3) is 5.91 Å². The van der Waals surface area contributed by atoms with Gasteiger partial charge >= 0.3 is 5.97 Å². The Kier molecular flexibility index (Phi) is 3.44. The zero-order valence-electron chi connectivity index (χ0n) is 11.4. The molecule has 1 aliphatic rings. The molecule has 0 radical (unpaired) electrons. The van der Waals surface area contributed by atoms with E-state index in [2.05, 4.69) is 0 Å². The molecule has 0 bridgehead atoms. The predicted octanol–water partition coefficient (Wildman–Crippen LogP) is 2.86. The molecule has 4 heteroatoms. The number of benzene rings is 2. The van der Waals surface area contributed by atoms with Crippen LogP contribution in [0.1, 0.15) is 33.9 Å². The smallest absolute Gasteiger partial charge is 0.305 e. The maximum absolute atomic E-state index is 12.5. The van der Waals surface area contributed by atoms with Gasteiger partial charge in [0.05, 0.1) is 12.5 Å². The molecule has 21 heavy (non-hydrogen) atoms. The van der Waals surface area contributed by atoms with Gasteiger partial charge in [-0.05, 0) is 17.2 Å². The molecule has 0 saturated heterocycles. The summed E-state index contributed by atoms with van der Waals surface area (Å²) in [6, 6.07) is 16.3. The number of carboxylic acid groups (broad SMARTS) is 1. The lowest BCUT2D eigenvalue weighted by atomic mass is 10.0. The molecule has 1 atom stereocenters. The third-order valence-corrected chi connectivity index (χ3v) is 3.78. The van der Waals surface area contributed by atoms with Crippen LogP contribution in [0.15, 0.2) is 54.6 Å². The van der Waals surface area contributed by atoms with E-state index in [9.17, 15) is 14.7 Å². The predicted molar refractivity (Wildman–Crippen MR) is 77.8 cm³/mol. The monoisotopic (exact) mass is 281 g/mol. The molecule has 1 N–H and O–H groups in total. The lowest BCUT2D eigenvalue weighted by Gasteiger charge is -2.27. The van der Waals surface area contributed by atoms with Crippen LogP contribution in [0.3, 0.4) is 0 Å². The van der Waals surface area contributed by atoms with Crippen LogP contribution < -0.4 is 0 Å². The fraction of sp³-hybridized carbons (Fsp3) is 0.176. The zero-order chi connectivity index (χ0) is 14.8. The van der Waals surface area contributed by atoms with E-state index in [1.165, 1.54) is 0 Å². The van der Waals surface area contributed by atoms with Gasteiger partial charge < -0.3 is 10.0 Å². The SMILES string of the molecule is O=C(O)CC(c1ccccc1)N1Cc2ccccc2C1=O. The maximum Gasteiger partial charge on any atom is 0.305 e. The van der Waals surface area contributed by atoms with Crippen molar-refractivity contribution in [2.45, 2.75) is 19.0 Å². The summed E-state index contributed by atoms with van der Waals surface area (Å²) in [6.45, 7) is 0.460. The van der Waals surface area contributed by atoms with Crippen molar-refractivity contribution < 1.29 is 14.7 Å². The summed E-state index contributed by atoms with van der Waals surface area (Å²) in [7, 11) is 0. The molecule has 4 nitrogen and oxygen atoms in total. The van der Waals surface area contributed by atoms with Crippen molar-refractivity contribution in [2.24, 2.45) is 0 Å². The molecule has 2 aromatic carbocycles. The number of rotatable bonds is 4. The first-order valence-corrected chi connectivity index (χ1v) is 6.82. The number of carbonyl (C=O) groups is 2. The Morgan fingerprint density at radius 1 is 1.10 bits per heavy atom. The van der Waals surface area contributed by atoms with E-state index in [4.69, 9.17) is 0 Å². The minimum absolute atomic E-state index is 0.0935. The molecule has 0 spiro atoms. The van der Waals surface area contributed by atoms with E-state index >= 15 is 0 Å². The number of amides is 1. The highest BCUT2D eigenvalue weighted by molar-refractivity contribution is 5.98. The molecular formula is C17H15NO3. The molecule has 3 rings (SSSR count). The topological polar surface area (TPSA) is 57.6 Å². The number of aliphatic carboxylic acids is 1. The lowest BCUT2D eigenvalue weighted by molar-refractivity contribution is -0.138. The molecule has 0 aromatic heterocycles. The summed E-state index contributed by atoms with van der Waals surface area (Å²) in [5.41, 5.74) is 2.47. The molecule has 0 fully saturated rings. The van der Waals surface area contributed by atoms with Gasteiger partial charge in [0.2, 0.25) is 0 Å². The van der Waals surface area contributed by atoms with Crippen LogP contribution in [0.5, 0.6) is 0 Å². The van der Waals surface area contributed by atoms with Gasteiger partial charge in [0.1, 0.15) is 0 Å². The summed E-state index contributed by atoms with van der Waals surface area (Å²) in [4.78, 5) is 25.4.